The summed E-state index contributed by atoms with van der Waals surface area (Å²) in [5, 5.41) is 8.84. The molecular formula is C17H10F5NO3S. The average Bonchev–Trinajstić information content (AvgIpc) is 2.89. The maximum Gasteiger partial charge on any atom is 0.341 e. The highest BCUT2D eigenvalue weighted by Gasteiger charge is 2.43. The molecule has 0 bridgehead atoms. The van der Waals surface area contributed by atoms with Crippen LogP contribution in [0.5, 0.6) is 11.5 Å². The molecule has 0 saturated carbocycles. The highest BCUT2D eigenvalue weighted by molar-refractivity contribution is 7.91. The molecule has 0 N–H and O–H groups in total. The van der Waals surface area contributed by atoms with Crippen LogP contribution >= 0.6 is 0 Å². The lowest BCUT2D eigenvalue weighted by Gasteiger charge is -2.14. The molecule has 27 heavy (non-hydrogen) atoms. The van der Waals surface area contributed by atoms with Gasteiger partial charge in [0.1, 0.15) is 17.3 Å². The van der Waals surface area contributed by atoms with Crippen molar-refractivity contribution in [1.29, 1.82) is 5.26 Å². The molecule has 0 unspecified atom stereocenters. The molecule has 3 rings (SSSR count). The Morgan fingerprint density at radius 3 is 2.41 bits per heavy atom. The summed E-state index contributed by atoms with van der Waals surface area (Å²) in [7, 11) is -5.08. The van der Waals surface area contributed by atoms with Gasteiger partial charge in [-0.3, -0.25) is 0 Å². The lowest BCUT2D eigenvalue weighted by atomic mass is 10.1. The summed E-state index contributed by atoms with van der Waals surface area (Å²) in [6.45, 7) is 0. The number of halogens is 5. The number of nitrogens with zero attached hydrogens (tertiary/aromatic N) is 1. The van der Waals surface area contributed by atoms with Crippen LogP contribution in [-0.2, 0) is 22.7 Å². The molecule has 1 aliphatic carbocycles. The van der Waals surface area contributed by atoms with Gasteiger partial charge in [0.25, 0.3) is 5.92 Å². The minimum atomic E-state index is -5.08. The van der Waals surface area contributed by atoms with Crippen molar-refractivity contribution < 1.29 is 35.1 Å². The van der Waals surface area contributed by atoms with Crippen LogP contribution in [-0.4, -0.2) is 20.1 Å². The van der Waals surface area contributed by atoms with E-state index in [1.165, 1.54) is 0 Å². The van der Waals surface area contributed by atoms with E-state index in [1.54, 1.807) is 6.07 Å². The van der Waals surface area contributed by atoms with Crippen LogP contribution in [0, 0.1) is 17.1 Å². The van der Waals surface area contributed by atoms with E-state index < -0.39 is 50.6 Å². The van der Waals surface area contributed by atoms with Gasteiger partial charge in [0.05, 0.1) is 16.5 Å². The molecule has 2 aromatic carbocycles. The molecule has 0 aliphatic heterocycles. The van der Waals surface area contributed by atoms with Crippen molar-refractivity contribution in [3.05, 3.63) is 52.8 Å². The summed E-state index contributed by atoms with van der Waals surface area (Å²) in [5.74, 6) is -8.29. The van der Waals surface area contributed by atoms with Gasteiger partial charge in [0.15, 0.2) is 0 Å². The predicted octanol–water partition coefficient (Wildman–Crippen LogP) is 4.22. The third kappa shape index (κ3) is 3.60. The molecule has 0 spiro atoms. The number of sulfone groups is 1. The van der Waals surface area contributed by atoms with Crippen LogP contribution in [0.3, 0.4) is 0 Å². The normalized spacial score (nSPS) is 15.4. The second-order valence-corrected chi connectivity index (χ2v) is 7.81. The van der Waals surface area contributed by atoms with Crippen molar-refractivity contribution in [3.63, 3.8) is 0 Å². The molecule has 142 valence electrons. The van der Waals surface area contributed by atoms with Gasteiger partial charge in [-0.05, 0) is 29.8 Å². The molecule has 1 aliphatic rings. The minimum absolute atomic E-state index is 0.0797. The van der Waals surface area contributed by atoms with Gasteiger partial charge in [-0.15, -0.1) is 0 Å². The van der Waals surface area contributed by atoms with Crippen molar-refractivity contribution in [1.82, 2.24) is 0 Å². The molecule has 0 heterocycles. The number of benzene rings is 2. The summed E-state index contributed by atoms with van der Waals surface area (Å²) in [4.78, 5) is -0.881. The fourth-order valence-electron chi connectivity index (χ4n) is 2.89. The first-order valence-corrected chi connectivity index (χ1v) is 9.01. The quantitative estimate of drug-likeness (QED) is 0.717. The average molecular weight is 403 g/mol. The molecule has 0 aromatic heterocycles. The van der Waals surface area contributed by atoms with Gasteiger partial charge in [-0.25, -0.2) is 21.6 Å². The van der Waals surface area contributed by atoms with Gasteiger partial charge < -0.3 is 4.74 Å². The zero-order valence-electron chi connectivity index (χ0n) is 13.3. The maximum absolute atomic E-state index is 13.9. The molecule has 0 amide bonds. The summed E-state index contributed by atoms with van der Waals surface area (Å²) in [6.07, 6.45) is -1.95. The molecule has 0 atom stereocenters. The van der Waals surface area contributed by atoms with E-state index in [4.69, 9.17) is 10.00 Å². The number of hydrogen-bond donors (Lipinski definition) is 0. The Morgan fingerprint density at radius 2 is 1.78 bits per heavy atom. The van der Waals surface area contributed by atoms with Crippen LogP contribution in [0.4, 0.5) is 22.0 Å². The standard InChI is InChI=1S/C17H10F5NO3S/c18-10-3-9(8-23)4-11(5-10)26-14-1-2-15(27(24,25)16(19)20)13-7-17(21,22)6-12(13)14/h1-5,16H,6-7H2. The topological polar surface area (TPSA) is 67.2 Å². The first kappa shape index (κ1) is 19.1. The Morgan fingerprint density at radius 1 is 1.11 bits per heavy atom. The monoisotopic (exact) mass is 403 g/mol. The first-order valence-electron chi connectivity index (χ1n) is 7.47. The summed E-state index contributed by atoms with van der Waals surface area (Å²) in [6, 6.07) is 6.43. The molecule has 2 aromatic rings. The van der Waals surface area contributed by atoms with Crippen molar-refractivity contribution in [2.45, 2.75) is 29.4 Å². The second-order valence-electron chi connectivity index (χ2n) is 5.92. The maximum atomic E-state index is 13.9. The zero-order valence-corrected chi connectivity index (χ0v) is 14.2. The highest BCUT2D eigenvalue weighted by Crippen LogP contribution is 2.44. The van der Waals surface area contributed by atoms with Crippen molar-refractivity contribution in [3.8, 4) is 17.6 Å². The smallest absolute Gasteiger partial charge is 0.341 e. The molecule has 0 saturated heterocycles. The predicted molar refractivity (Wildman–Crippen MR) is 83.2 cm³/mol. The summed E-state index contributed by atoms with van der Waals surface area (Å²) < 4.78 is 95.9. The van der Waals surface area contributed by atoms with E-state index in [9.17, 15) is 30.4 Å². The van der Waals surface area contributed by atoms with E-state index in [0.717, 1.165) is 30.3 Å². The van der Waals surface area contributed by atoms with E-state index in [0.29, 0.717) is 0 Å². The lowest BCUT2D eigenvalue weighted by Crippen LogP contribution is -2.17. The fourth-order valence-corrected chi connectivity index (χ4v) is 3.88. The van der Waals surface area contributed by atoms with E-state index in [1.807, 2.05) is 0 Å². The van der Waals surface area contributed by atoms with Gasteiger partial charge in [0.2, 0.25) is 9.84 Å². The Labute approximate surface area is 150 Å². The van der Waals surface area contributed by atoms with E-state index in [-0.39, 0.29) is 22.6 Å². The Balaban J connectivity index is 2.11. The van der Waals surface area contributed by atoms with Crippen LogP contribution in [0.1, 0.15) is 16.7 Å². The van der Waals surface area contributed by atoms with Gasteiger partial charge in [-0.1, -0.05) is 0 Å². The number of alkyl halides is 4. The number of fused-ring (bicyclic) bond motifs is 1. The Hall–Kier alpha value is -2.67. The SMILES string of the molecule is N#Cc1cc(F)cc(Oc2ccc(S(=O)(=O)C(F)F)c3c2CC(F)(F)C3)c1. The molecule has 10 heteroatoms. The molecule has 4 nitrogen and oxygen atoms in total. The van der Waals surface area contributed by atoms with Crippen LogP contribution in [0.15, 0.2) is 35.2 Å². The third-order valence-electron chi connectivity index (χ3n) is 3.99. The van der Waals surface area contributed by atoms with Crippen LogP contribution < -0.4 is 4.74 Å². The Kier molecular flexibility index (Phi) is 4.59. The van der Waals surface area contributed by atoms with Crippen molar-refractivity contribution >= 4 is 9.84 Å². The Bertz CT molecular complexity index is 1060. The van der Waals surface area contributed by atoms with Crippen LogP contribution in [0.25, 0.3) is 0 Å². The van der Waals surface area contributed by atoms with E-state index >= 15 is 0 Å². The molecule has 0 radical (unpaired) electrons. The van der Waals surface area contributed by atoms with Gasteiger partial charge in [0, 0.05) is 24.5 Å². The minimum Gasteiger partial charge on any atom is -0.457 e. The van der Waals surface area contributed by atoms with Crippen molar-refractivity contribution in [2.24, 2.45) is 0 Å². The zero-order chi connectivity index (χ0) is 20.0. The first-order chi connectivity index (χ1) is 12.5. The van der Waals surface area contributed by atoms with Gasteiger partial charge in [-0.2, -0.15) is 14.0 Å². The third-order valence-corrected chi connectivity index (χ3v) is 5.45. The summed E-state index contributed by atoms with van der Waals surface area (Å²) >= 11 is 0. The highest BCUT2D eigenvalue weighted by atomic mass is 32.2. The molecule has 0 fully saturated rings. The summed E-state index contributed by atoms with van der Waals surface area (Å²) in [5.41, 5.74) is -0.775. The van der Waals surface area contributed by atoms with E-state index in [2.05, 4.69) is 0 Å². The molecular weight excluding hydrogens is 393 g/mol. The van der Waals surface area contributed by atoms with Crippen LogP contribution in [0.2, 0.25) is 0 Å². The number of rotatable bonds is 4. The second kappa shape index (κ2) is 6.49. The number of hydrogen-bond acceptors (Lipinski definition) is 4. The number of nitriles is 1. The lowest BCUT2D eigenvalue weighted by molar-refractivity contribution is 0.0125. The van der Waals surface area contributed by atoms with Gasteiger partial charge >= 0.3 is 5.76 Å². The number of ether oxygens (including phenoxy) is 1. The van der Waals surface area contributed by atoms with Crippen molar-refractivity contribution in [2.75, 3.05) is 0 Å². The fraction of sp³-hybridized carbons (Fsp3) is 0.235. The largest absolute Gasteiger partial charge is 0.457 e.